The van der Waals surface area contributed by atoms with Crippen LogP contribution in [0.2, 0.25) is 0 Å². The fourth-order valence-electron chi connectivity index (χ4n) is 4.43. The van der Waals surface area contributed by atoms with Gasteiger partial charge in [0.15, 0.2) is 6.04 Å². The second-order valence-corrected chi connectivity index (χ2v) is 10.7. The number of hydrogen-bond acceptors (Lipinski definition) is 6. The highest BCUT2D eigenvalue weighted by Gasteiger charge is 2.43. The van der Waals surface area contributed by atoms with Crippen molar-refractivity contribution in [3.05, 3.63) is 90.0 Å². The quantitative estimate of drug-likeness (QED) is 0.354. The van der Waals surface area contributed by atoms with E-state index in [0.29, 0.717) is 12.1 Å². The van der Waals surface area contributed by atoms with Crippen molar-refractivity contribution in [2.75, 3.05) is 12.9 Å². The average molecular weight is 508 g/mol. The van der Waals surface area contributed by atoms with Crippen LogP contribution < -0.4 is 10.2 Å². The number of nitrogens with one attached hydrogen (secondary N) is 1. The van der Waals surface area contributed by atoms with Gasteiger partial charge in [-0.1, -0.05) is 66.7 Å². The average Bonchev–Trinajstić information content (AvgIpc) is 2.92. The molecule has 1 aliphatic heterocycles. The molecule has 0 fully saturated rings. The molecular formula is C27H29N3O5S. The number of hydrogen-bond donors (Lipinski definition) is 2. The summed E-state index contributed by atoms with van der Waals surface area (Å²) in [5, 5.41) is 13.6. The van der Waals surface area contributed by atoms with E-state index in [1.54, 1.807) is 19.5 Å². The van der Waals surface area contributed by atoms with Crippen LogP contribution >= 0.6 is 0 Å². The Morgan fingerprint density at radius 1 is 1.03 bits per heavy atom. The maximum Gasteiger partial charge on any atom is 0.269 e. The molecule has 2 atom stereocenters. The van der Waals surface area contributed by atoms with Crippen LogP contribution in [-0.2, 0) is 21.2 Å². The van der Waals surface area contributed by atoms with E-state index in [-0.39, 0.29) is 12.2 Å². The zero-order chi connectivity index (χ0) is 25.7. The van der Waals surface area contributed by atoms with Crippen LogP contribution in [0.1, 0.15) is 30.4 Å². The summed E-state index contributed by atoms with van der Waals surface area (Å²) in [5.41, 5.74) is 5.90. The van der Waals surface area contributed by atoms with Gasteiger partial charge in [-0.3, -0.25) is 10.0 Å². The Morgan fingerprint density at radius 3 is 2.22 bits per heavy atom. The van der Waals surface area contributed by atoms with Crippen molar-refractivity contribution < 1.29 is 23.2 Å². The highest BCUT2D eigenvalue weighted by atomic mass is 32.2. The zero-order valence-corrected chi connectivity index (χ0v) is 21.0. The molecule has 0 spiro atoms. The third-order valence-corrected chi connectivity index (χ3v) is 7.92. The van der Waals surface area contributed by atoms with Crippen LogP contribution in [0, 0.1) is 0 Å². The van der Waals surface area contributed by atoms with E-state index >= 15 is 0 Å². The maximum absolute atomic E-state index is 13.4. The summed E-state index contributed by atoms with van der Waals surface area (Å²) in [4.78, 5) is 12.7. The highest BCUT2D eigenvalue weighted by Crippen LogP contribution is 2.34. The van der Waals surface area contributed by atoms with Crippen LogP contribution in [0.4, 0.5) is 0 Å². The van der Waals surface area contributed by atoms with Gasteiger partial charge in [-0.25, -0.2) is 13.9 Å². The first kappa shape index (κ1) is 25.4. The third-order valence-electron chi connectivity index (χ3n) is 6.32. The Balaban J connectivity index is 1.53. The first-order valence-corrected chi connectivity index (χ1v) is 13.2. The number of nitrogens with zero attached hydrogens (tertiary/aromatic N) is 2. The molecule has 2 N–H and O–H groups in total. The predicted octanol–water partition coefficient (Wildman–Crippen LogP) is 3.97. The molecule has 1 heterocycles. The van der Waals surface area contributed by atoms with Gasteiger partial charge >= 0.3 is 0 Å². The lowest BCUT2D eigenvalue weighted by Gasteiger charge is -2.37. The third kappa shape index (κ3) is 5.58. The van der Waals surface area contributed by atoms with Gasteiger partial charge in [0.2, 0.25) is 0 Å². The van der Waals surface area contributed by atoms with Crippen LogP contribution in [-0.4, -0.2) is 48.6 Å². The summed E-state index contributed by atoms with van der Waals surface area (Å²) < 4.78 is 32.9. The lowest BCUT2D eigenvalue weighted by atomic mass is 9.86. The van der Waals surface area contributed by atoms with Gasteiger partial charge in [0.25, 0.3) is 15.9 Å². The molecule has 0 saturated carbocycles. The molecule has 0 bridgehead atoms. The molecule has 36 heavy (non-hydrogen) atoms. The maximum atomic E-state index is 13.4. The minimum Gasteiger partial charge on any atom is -0.497 e. The summed E-state index contributed by atoms with van der Waals surface area (Å²) >= 11 is 0. The number of hydrazone groups is 1. The largest absolute Gasteiger partial charge is 0.497 e. The fourth-order valence-corrected chi connectivity index (χ4v) is 5.96. The molecule has 9 heteroatoms. The summed E-state index contributed by atoms with van der Waals surface area (Å²) in [6.07, 6.45) is 0.653. The molecule has 0 radical (unpaired) electrons. The molecule has 3 aromatic rings. The molecule has 1 amide bonds. The monoisotopic (exact) mass is 507 g/mol. The van der Waals surface area contributed by atoms with Gasteiger partial charge in [0, 0.05) is 11.6 Å². The number of carbonyl (C=O) groups is 1. The second kappa shape index (κ2) is 10.9. The molecular weight excluding hydrogens is 478 g/mol. The molecule has 2 unspecified atom stereocenters. The standard InChI is InChI=1S/C27H29N3O5S/c1-19-18-25(23-6-4-3-5-7-23)26(27(31)29-32)30(28-19)36(33,34)17-16-20-8-10-21(11-9-20)22-12-14-24(35-2)15-13-22/h3-15,25-26,32H,16-18H2,1-2H3,(H,29,31). The van der Waals surface area contributed by atoms with Gasteiger partial charge in [-0.15, -0.1) is 0 Å². The summed E-state index contributed by atoms with van der Waals surface area (Å²) in [6, 6.07) is 23.4. The number of methoxy groups -OCH3 is 1. The van der Waals surface area contributed by atoms with E-state index in [9.17, 15) is 18.4 Å². The zero-order valence-electron chi connectivity index (χ0n) is 20.2. The molecule has 3 aromatic carbocycles. The molecule has 0 saturated heterocycles. The predicted molar refractivity (Wildman–Crippen MR) is 138 cm³/mol. The number of carbonyl (C=O) groups excluding carboxylic acids is 1. The number of rotatable bonds is 8. The van der Waals surface area contributed by atoms with E-state index in [4.69, 9.17) is 4.74 Å². The van der Waals surface area contributed by atoms with Crippen LogP contribution in [0.3, 0.4) is 0 Å². The Labute approximate surface area is 211 Å². The molecule has 4 rings (SSSR count). The Bertz CT molecular complexity index is 1320. The number of ether oxygens (including phenoxy) is 1. The van der Waals surface area contributed by atoms with Crippen LogP contribution in [0.5, 0.6) is 5.75 Å². The number of benzene rings is 3. The second-order valence-electron chi connectivity index (χ2n) is 8.74. The first-order valence-electron chi connectivity index (χ1n) is 11.6. The minimum absolute atomic E-state index is 0.234. The first-order chi connectivity index (χ1) is 17.3. The number of amides is 1. The van der Waals surface area contributed by atoms with Gasteiger partial charge in [0.1, 0.15) is 5.75 Å². The van der Waals surface area contributed by atoms with Gasteiger partial charge in [-0.05, 0) is 54.2 Å². The van der Waals surface area contributed by atoms with E-state index in [1.807, 2.05) is 78.9 Å². The molecule has 1 aliphatic rings. The van der Waals surface area contributed by atoms with Crippen molar-refractivity contribution in [3.63, 3.8) is 0 Å². The smallest absolute Gasteiger partial charge is 0.269 e. The Morgan fingerprint density at radius 2 is 1.64 bits per heavy atom. The molecule has 0 aromatic heterocycles. The number of sulfonamides is 1. The highest BCUT2D eigenvalue weighted by molar-refractivity contribution is 7.89. The number of aryl methyl sites for hydroxylation is 1. The lowest BCUT2D eigenvalue weighted by molar-refractivity contribution is -0.134. The topological polar surface area (TPSA) is 108 Å². The number of hydroxylamine groups is 1. The van der Waals surface area contributed by atoms with Crippen molar-refractivity contribution in [1.29, 1.82) is 0 Å². The Hall–Kier alpha value is -3.69. The summed E-state index contributed by atoms with van der Waals surface area (Å²) in [6.45, 7) is 1.74. The van der Waals surface area contributed by atoms with Crippen molar-refractivity contribution in [2.24, 2.45) is 5.10 Å². The van der Waals surface area contributed by atoms with Crippen molar-refractivity contribution >= 4 is 21.6 Å². The summed E-state index contributed by atoms with van der Waals surface area (Å²) in [7, 11) is -2.35. The SMILES string of the molecule is COc1ccc(-c2ccc(CCS(=O)(=O)N3N=C(C)CC(c4ccccc4)C3C(=O)NO)cc2)cc1. The van der Waals surface area contributed by atoms with Crippen molar-refractivity contribution in [1.82, 2.24) is 9.89 Å². The molecule has 8 nitrogen and oxygen atoms in total. The molecule has 0 aliphatic carbocycles. The van der Waals surface area contributed by atoms with E-state index in [0.717, 1.165) is 32.4 Å². The van der Waals surface area contributed by atoms with Crippen molar-refractivity contribution in [3.8, 4) is 16.9 Å². The minimum atomic E-state index is -3.97. The van der Waals surface area contributed by atoms with E-state index < -0.39 is 27.9 Å². The molecule has 188 valence electrons. The normalized spacial score (nSPS) is 17.9. The Kier molecular flexibility index (Phi) is 7.71. The van der Waals surface area contributed by atoms with Gasteiger partial charge in [0.05, 0.1) is 12.9 Å². The van der Waals surface area contributed by atoms with Crippen molar-refractivity contribution in [2.45, 2.75) is 31.7 Å². The fraction of sp³-hybridized carbons (Fsp3) is 0.259. The van der Waals surface area contributed by atoms with E-state index in [2.05, 4.69) is 5.10 Å². The lowest BCUT2D eigenvalue weighted by Crippen LogP contribution is -2.53. The van der Waals surface area contributed by atoms with Crippen LogP contribution in [0.15, 0.2) is 84.0 Å². The summed E-state index contributed by atoms with van der Waals surface area (Å²) in [5.74, 6) is -0.747. The van der Waals surface area contributed by atoms with Gasteiger partial charge in [-0.2, -0.15) is 9.52 Å². The van der Waals surface area contributed by atoms with Crippen LogP contribution in [0.25, 0.3) is 11.1 Å². The van der Waals surface area contributed by atoms with E-state index in [1.165, 1.54) is 0 Å². The van der Waals surface area contributed by atoms with Gasteiger partial charge < -0.3 is 4.74 Å².